The first-order chi connectivity index (χ1) is 13.3. The van der Waals surface area contributed by atoms with Gasteiger partial charge in [-0.2, -0.15) is 0 Å². The van der Waals surface area contributed by atoms with Crippen LogP contribution in [0.4, 0.5) is 4.79 Å². The van der Waals surface area contributed by atoms with Crippen molar-refractivity contribution >= 4 is 11.9 Å². The lowest BCUT2D eigenvalue weighted by molar-refractivity contribution is 0.0950. The van der Waals surface area contributed by atoms with Gasteiger partial charge in [0.05, 0.1) is 0 Å². The lowest BCUT2D eigenvalue weighted by Gasteiger charge is -2.15. The number of hydrogen-bond acceptors (Lipinski definition) is 3. The van der Waals surface area contributed by atoms with Gasteiger partial charge in [-0.15, -0.1) is 0 Å². The Morgan fingerprint density at radius 3 is 2.14 bits per heavy atom. The molecule has 150 valence electrons. The molecule has 28 heavy (non-hydrogen) atoms. The van der Waals surface area contributed by atoms with Crippen molar-refractivity contribution < 1.29 is 9.59 Å². The highest BCUT2D eigenvalue weighted by Crippen LogP contribution is 2.11. The lowest BCUT2D eigenvalue weighted by Crippen LogP contribution is -2.39. The molecule has 0 aromatic heterocycles. The Morgan fingerprint density at radius 2 is 1.54 bits per heavy atom. The second-order valence-electron chi connectivity index (χ2n) is 7.37. The fraction of sp³-hybridized carbons (Fsp3) is 0.364. The minimum Gasteiger partial charge on any atom is -0.348 e. The third kappa shape index (κ3) is 7.04. The Bertz CT molecular complexity index is 785. The number of benzene rings is 2. The fourth-order valence-corrected chi connectivity index (χ4v) is 2.77. The molecule has 0 unspecified atom stereocenters. The van der Waals surface area contributed by atoms with Crippen LogP contribution in [0.25, 0.3) is 0 Å². The van der Waals surface area contributed by atoms with Crippen molar-refractivity contribution in [3.63, 3.8) is 0 Å². The highest BCUT2D eigenvalue weighted by Gasteiger charge is 2.08. The molecule has 2 aromatic carbocycles. The lowest BCUT2D eigenvalue weighted by atomic mass is 10.1. The van der Waals surface area contributed by atoms with Gasteiger partial charge in [-0.3, -0.25) is 4.79 Å². The summed E-state index contributed by atoms with van der Waals surface area (Å²) in [5, 5.41) is 8.55. The van der Waals surface area contributed by atoms with Gasteiger partial charge >= 0.3 is 6.03 Å². The summed E-state index contributed by atoms with van der Waals surface area (Å²) in [4.78, 5) is 26.2. The van der Waals surface area contributed by atoms with Crippen molar-refractivity contribution in [1.29, 1.82) is 0 Å². The number of carbonyl (C=O) groups excluding carboxylic acids is 2. The number of urea groups is 1. The van der Waals surface area contributed by atoms with Crippen molar-refractivity contribution in [1.82, 2.24) is 20.9 Å². The van der Waals surface area contributed by atoms with Crippen LogP contribution in [0.2, 0.25) is 0 Å². The van der Waals surface area contributed by atoms with E-state index < -0.39 is 0 Å². The van der Waals surface area contributed by atoms with Gasteiger partial charge in [0.1, 0.15) is 0 Å². The molecule has 0 saturated heterocycles. The van der Waals surface area contributed by atoms with Gasteiger partial charge in [0.15, 0.2) is 0 Å². The van der Waals surface area contributed by atoms with Crippen molar-refractivity contribution in [3.05, 3.63) is 70.8 Å². The normalized spacial score (nSPS) is 10.8. The van der Waals surface area contributed by atoms with Crippen LogP contribution in [0, 0.1) is 0 Å². The van der Waals surface area contributed by atoms with Gasteiger partial charge in [-0.25, -0.2) is 4.79 Å². The Labute approximate surface area is 167 Å². The van der Waals surface area contributed by atoms with Crippen LogP contribution in [0.15, 0.2) is 48.5 Å². The highest BCUT2D eigenvalue weighted by molar-refractivity contribution is 5.94. The molecule has 0 spiro atoms. The highest BCUT2D eigenvalue weighted by atomic mass is 16.2. The van der Waals surface area contributed by atoms with E-state index in [1.807, 2.05) is 58.3 Å². The number of rotatable bonds is 8. The molecule has 0 atom stereocenters. The molecule has 2 aromatic rings. The predicted octanol–water partition coefficient (Wildman–Crippen LogP) is 2.89. The van der Waals surface area contributed by atoms with Crippen molar-refractivity contribution in [2.24, 2.45) is 0 Å². The molecular weight excluding hydrogens is 352 g/mol. The van der Waals surface area contributed by atoms with Gasteiger partial charge in [-0.05, 0) is 56.8 Å². The molecule has 0 radical (unpaired) electrons. The largest absolute Gasteiger partial charge is 0.348 e. The summed E-state index contributed by atoms with van der Waals surface area (Å²) < 4.78 is 0. The van der Waals surface area contributed by atoms with Crippen molar-refractivity contribution in [2.45, 2.75) is 39.5 Å². The topological polar surface area (TPSA) is 73.5 Å². The molecule has 0 aliphatic carbocycles. The summed E-state index contributed by atoms with van der Waals surface area (Å²) in [6, 6.07) is 15.3. The molecular formula is C22H30N4O2. The Balaban J connectivity index is 1.89. The van der Waals surface area contributed by atoms with E-state index in [1.165, 1.54) is 5.56 Å². The summed E-state index contributed by atoms with van der Waals surface area (Å²) in [5.74, 6) is -0.114. The molecule has 6 heteroatoms. The fourth-order valence-electron chi connectivity index (χ4n) is 2.77. The molecule has 0 bridgehead atoms. The predicted molar refractivity (Wildman–Crippen MR) is 112 cm³/mol. The summed E-state index contributed by atoms with van der Waals surface area (Å²) in [5.41, 5.74) is 3.85. The molecule has 0 aliphatic heterocycles. The number of hydrogen-bond donors (Lipinski definition) is 3. The van der Waals surface area contributed by atoms with E-state index in [1.54, 1.807) is 12.1 Å². The van der Waals surface area contributed by atoms with E-state index in [2.05, 4.69) is 26.9 Å². The standard InChI is InChI=1S/C22H30N4O2/c1-16(2)25-22(28)24-13-17-9-11-18(12-10-17)21(27)23-14-19-7-5-6-8-20(19)15-26(3)4/h5-12,16H,13-15H2,1-4H3,(H,23,27)(H2,24,25,28). The first-order valence-electron chi connectivity index (χ1n) is 9.48. The zero-order valence-corrected chi connectivity index (χ0v) is 17.1. The van der Waals surface area contributed by atoms with Gasteiger partial charge in [-0.1, -0.05) is 36.4 Å². The van der Waals surface area contributed by atoms with E-state index in [0.29, 0.717) is 18.7 Å². The van der Waals surface area contributed by atoms with Crippen LogP contribution in [0.1, 0.15) is 40.9 Å². The molecule has 0 aliphatic rings. The number of carbonyl (C=O) groups is 2. The second kappa shape index (κ2) is 10.5. The minimum atomic E-state index is -0.201. The van der Waals surface area contributed by atoms with E-state index in [9.17, 15) is 9.59 Å². The summed E-state index contributed by atoms with van der Waals surface area (Å²) in [6.07, 6.45) is 0. The Kier molecular flexibility index (Phi) is 8.02. The van der Waals surface area contributed by atoms with Crippen LogP contribution in [0.5, 0.6) is 0 Å². The molecule has 2 rings (SSSR count). The SMILES string of the molecule is CC(C)NC(=O)NCc1ccc(C(=O)NCc2ccccc2CN(C)C)cc1. The van der Waals surface area contributed by atoms with Gasteiger partial charge in [0.25, 0.3) is 5.91 Å². The van der Waals surface area contributed by atoms with Crippen LogP contribution >= 0.6 is 0 Å². The van der Waals surface area contributed by atoms with Crippen LogP contribution in [0.3, 0.4) is 0 Å². The second-order valence-corrected chi connectivity index (χ2v) is 7.37. The first kappa shape index (κ1) is 21.4. The quantitative estimate of drug-likeness (QED) is 0.657. The van der Waals surface area contributed by atoms with E-state index in [0.717, 1.165) is 17.7 Å². The first-order valence-corrected chi connectivity index (χ1v) is 9.48. The van der Waals surface area contributed by atoms with E-state index >= 15 is 0 Å². The Hall–Kier alpha value is -2.86. The van der Waals surface area contributed by atoms with Gasteiger partial charge in [0, 0.05) is 31.2 Å². The van der Waals surface area contributed by atoms with Gasteiger partial charge in [0.2, 0.25) is 0 Å². The maximum absolute atomic E-state index is 12.4. The average molecular weight is 383 g/mol. The van der Waals surface area contributed by atoms with Crippen LogP contribution in [-0.2, 0) is 19.6 Å². The summed E-state index contributed by atoms with van der Waals surface area (Å²) in [6.45, 7) is 5.55. The number of amides is 3. The number of nitrogens with one attached hydrogen (secondary N) is 3. The monoisotopic (exact) mass is 382 g/mol. The minimum absolute atomic E-state index is 0.0916. The maximum atomic E-state index is 12.4. The zero-order chi connectivity index (χ0) is 20.5. The molecule has 0 fully saturated rings. The van der Waals surface area contributed by atoms with Crippen LogP contribution in [-0.4, -0.2) is 37.0 Å². The third-order valence-electron chi connectivity index (χ3n) is 4.13. The van der Waals surface area contributed by atoms with E-state index in [4.69, 9.17) is 0 Å². The zero-order valence-electron chi connectivity index (χ0n) is 17.1. The molecule has 3 amide bonds. The van der Waals surface area contributed by atoms with Crippen LogP contribution < -0.4 is 16.0 Å². The van der Waals surface area contributed by atoms with Crippen molar-refractivity contribution in [2.75, 3.05) is 14.1 Å². The molecule has 0 heterocycles. The van der Waals surface area contributed by atoms with Gasteiger partial charge < -0.3 is 20.9 Å². The average Bonchev–Trinajstić information content (AvgIpc) is 2.65. The van der Waals surface area contributed by atoms with Crippen molar-refractivity contribution in [3.8, 4) is 0 Å². The summed E-state index contributed by atoms with van der Waals surface area (Å²) >= 11 is 0. The van der Waals surface area contributed by atoms with E-state index in [-0.39, 0.29) is 18.0 Å². The maximum Gasteiger partial charge on any atom is 0.315 e. The smallest absolute Gasteiger partial charge is 0.315 e. The summed E-state index contributed by atoms with van der Waals surface area (Å²) in [7, 11) is 4.05. The number of nitrogens with zero attached hydrogens (tertiary/aromatic N) is 1. The molecule has 3 N–H and O–H groups in total. The molecule has 0 saturated carbocycles. The third-order valence-corrected chi connectivity index (χ3v) is 4.13. The molecule has 6 nitrogen and oxygen atoms in total. The Morgan fingerprint density at radius 1 is 0.893 bits per heavy atom.